The predicted molar refractivity (Wildman–Crippen MR) is 372 cm³/mol. The second-order valence-corrected chi connectivity index (χ2v) is 25.7. The summed E-state index contributed by atoms with van der Waals surface area (Å²) in [6, 6.07) is 93.5. The van der Waals surface area contributed by atoms with Gasteiger partial charge >= 0.3 is 0 Å². The van der Waals surface area contributed by atoms with Crippen molar-refractivity contribution < 1.29 is 8.85 Å². The number of aromatic nitrogens is 1. The van der Waals surface area contributed by atoms with Gasteiger partial charge in [0.1, 0.15) is 11.5 Å². The van der Waals surface area contributed by atoms with E-state index in [-0.39, 0.29) is 23.1 Å². The largest absolute Gasteiger partial charge is 0.458 e. The van der Waals surface area contributed by atoms with E-state index in [1.165, 1.54) is 38.6 Å². The number of anilines is 9. The number of hydrogen-bond acceptors (Lipinski definition) is 4. The third-order valence-corrected chi connectivity index (χ3v) is 18.8. The standard InChI is InChI=1S/C82H67BN4O/c1-52-43-76-80-78(44-52)88-77-50-68-65-40-38-62(84(57-23-13-9-14-24-57)58-25-15-10-16-26-58)48-69(65)82(7,8)70(68)51-72(77)83(80)71-42-35-56(81(4,5)6)47-75(71)86(76)61-36-33-55(34-37-61)79-53(2)45-64(46-54(79)3)87-73-32-22-21-31-66(73)67-41-39-63(49-74(67)87)85(59-27-17-11-18-28-59)60-29-19-12-20-30-60/h9-51H,1-8H3/i1D3. The van der Waals surface area contributed by atoms with Crippen LogP contribution in [0.5, 0.6) is 11.5 Å². The average Bonchev–Trinajstić information content (AvgIpc) is 1.65. The molecule has 0 bridgehead atoms. The maximum absolute atomic E-state index is 8.94. The summed E-state index contributed by atoms with van der Waals surface area (Å²) in [6.07, 6.45) is 0. The zero-order valence-electron chi connectivity index (χ0n) is 53.6. The molecule has 5 nitrogen and oxygen atoms in total. The van der Waals surface area contributed by atoms with Crippen molar-refractivity contribution in [1.82, 2.24) is 4.57 Å². The van der Waals surface area contributed by atoms with E-state index >= 15 is 0 Å². The van der Waals surface area contributed by atoms with E-state index < -0.39 is 6.85 Å². The molecule has 1 aliphatic carbocycles. The summed E-state index contributed by atoms with van der Waals surface area (Å²) in [5.74, 6) is 1.31. The molecule has 0 saturated carbocycles. The first-order valence-electron chi connectivity index (χ1n) is 32.2. The summed E-state index contributed by atoms with van der Waals surface area (Å²) in [5.41, 5.74) is 26.1. The Balaban J connectivity index is 0.799. The first-order chi connectivity index (χ1) is 44.0. The molecule has 0 saturated heterocycles. The summed E-state index contributed by atoms with van der Waals surface area (Å²) in [7, 11) is 0. The summed E-state index contributed by atoms with van der Waals surface area (Å²) >= 11 is 0. The van der Waals surface area contributed by atoms with E-state index in [0.29, 0.717) is 5.75 Å². The second kappa shape index (κ2) is 20.2. The quantitative estimate of drug-likeness (QED) is 0.134. The zero-order chi connectivity index (χ0) is 62.2. The topological polar surface area (TPSA) is 23.9 Å². The Kier molecular flexibility index (Phi) is 11.4. The molecular formula is C82H67BN4O. The molecule has 1 aromatic heterocycles. The molecule has 424 valence electrons. The van der Waals surface area contributed by atoms with Crippen molar-refractivity contribution in [2.45, 2.75) is 66.1 Å². The molecule has 0 N–H and O–H groups in total. The van der Waals surface area contributed by atoms with Crippen LogP contribution in [0.3, 0.4) is 0 Å². The van der Waals surface area contributed by atoms with Crippen molar-refractivity contribution in [2.75, 3.05) is 14.7 Å². The van der Waals surface area contributed by atoms with Crippen LogP contribution in [0.4, 0.5) is 51.2 Å². The smallest absolute Gasteiger partial charge is 0.256 e. The Morgan fingerprint density at radius 3 is 1.64 bits per heavy atom. The minimum Gasteiger partial charge on any atom is -0.458 e. The number of fused-ring (bicyclic) bond motifs is 10. The lowest BCUT2D eigenvalue weighted by Crippen LogP contribution is -2.59. The van der Waals surface area contributed by atoms with Crippen molar-refractivity contribution in [3.63, 3.8) is 0 Å². The fourth-order valence-electron chi connectivity index (χ4n) is 14.7. The highest BCUT2D eigenvalue weighted by molar-refractivity contribution is 6.99. The molecule has 0 radical (unpaired) electrons. The molecule has 12 aromatic carbocycles. The number of ether oxygens (including phenoxy) is 1. The van der Waals surface area contributed by atoms with Crippen molar-refractivity contribution in [3.8, 4) is 39.4 Å². The monoisotopic (exact) mass is 1140 g/mol. The molecule has 16 rings (SSSR count). The summed E-state index contributed by atoms with van der Waals surface area (Å²) < 4.78 is 36.4. The number of nitrogens with zero attached hydrogens (tertiary/aromatic N) is 4. The Labute approximate surface area is 521 Å². The Bertz CT molecular complexity index is 4950. The fourth-order valence-corrected chi connectivity index (χ4v) is 14.7. The van der Waals surface area contributed by atoms with Gasteiger partial charge in [-0.2, -0.15) is 0 Å². The minimum absolute atomic E-state index is 0.177. The molecular weight excluding hydrogens is 1070 g/mol. The van der Waals surface area contributed by atoms with Crippen molar-refractivity contribution in [2.24, 2.45) is 0 Å². The highest BCUT2D eigenvalue weighted by Crippen LogP contribution is 2.53. The molecule has 0 spiro atoms. The van der Waals surface area contributed by atoms with Gasteiger partial charge in [0, 0.05) is 77.2 Å². The van der Waals surface area contributed by atoms with Crippen LogP contribution < -0.4 is 35.8 Å². The molecule has 0 atom stereocenters. The third kappa shape index (κ3) is 8.44. The lowest BCUT2D eigenvalue weighted by Gasteiger charge is -2.41. The molecule has 0 amide bonds. The lowest BCUT2D eigenvalue weighted by atomic mass is 9.34. The van der Waals surface area contributed by atoms with E-state index in [1.807, 2.05) is 6.07 Å². The maximum atomic E-state index is 8.94. The van der Waals surface area contributed by atoms with E-state index in [4.69, 9.17) is 8.85 Å². The predicted octanol–water partition coefficient (Wildman–Crippen LogP) is 20.3. The van der Waals surface area contributed by atoms with Crippen molar-refractivity contribution in [1.29, 1.82) is 0 Å². The summed E-state index contributed by atoms with van der Waals surface area (Å²) in [4.78, 5) is 6.95. The van der Waals surface area contributed by atoms with E-state index in [9.17, 15) is 0 Å². The van der Waals surface area contributed by atoms with Crippen LogP contribution in [0.25, 0.3) is 49.7 Å². The molecule has 0 unspecified atom stereocenters. The van der Waals surface area contributed by atoms with Crippen LogP contribution in [0, 0.1) is 20.7 Å². The van der Waals surface area contributed by atoms with Crippen LogP contribution in [0.1, 0.15) is 72.1 Å². The van der Waals surface area contributed by atoms with Gasteiger partial charge in [-0.25, -0.2) is 0 Å². The van der Waals surface area contributed by atoms with E-state index in [1.54, 1.807) is 6.07 Å². The highest BCUT2D eigenvalue weighted by atomic mass is 16.5. The van der Waals surface area contributed by atoms with Crippen LogP contribution in [0.2, 0.25) is 0 Å². The van der Waals surface area contributed by atoms with E-state index in [2.05, 4.69) is 316 Å². The van der Waals surface area contributed by atoms with Crippen molar-refractivity contribution in [3.05, 3.63) is 294 Å². The van der Waals surface area contributed by atoms with Crippen LogP contribution >= 0.6 is 0 Å². The fraction of sp³-hybridized carbons (Fsp3) is 0.122. The molecule has 2 aliphatic heterocycles. The Morgan fingerprint density at radius 2 is 1.02 bits per heavy atom. The normalized spacial score (nSPS) is 14.0. The molecule has 3 aliphatic rings. The van der Waals surface area contributed by atoms with Gasteiger partial charge in [0.05, 0.1) is 11.0 Å². The number of para-hydroxylation sites is 5. The van der Waals surface area contributed by atoms with Gasteiger partial charge in [-0.05, 0) is 226 Å². The summed E-state index contributed by atoms with van der Waals surface area (Å²) in [5, 5.41) is 2.40. The van der Waals surface area contributed by atoms with Gasteiger partial charge in [0.15, 0.2) is 0 Å². The molecule has 13 aromatic rings. The zero-order valence-corrected chi connectivity index (χ0v) is 50.6. The van der Waals surface area contributed by atoms with Crippen LogP contribution in [0.15, 0.2) is 261 Å². The van der Waals surface area contributed by atoms with Gasteiger partial charge in [0.2, 0.25) is 0 Å². The molecule has 88 heavy (non-hydrogen) atoms. The Hall–Kier alpha value is -10.3. The maximum Gasteiger partial charge on any atom is 0.256 e. The minimum atomic E-state index is -2.41. The molecule has 3 heterocycles. The second-order valence-electron chi connectivity index (χ2n) is 25.7. The van der Waals surface area contributed by atoms with E-state index in [0.717, 1.165) is 112 Å². The lowest BCUT2D eigenvalue weighted by molar-refractivity contribution is 0.487. The Morgan fingerprint density at radius 1 is 0.455 bits per heavy atom. The van der Waals surface area contributed by atoms with Gasteiger partial charge in [-0.3, -0.25) is 0 Å². The SMILES string of the molecule is [2H]C([2H])([2H])c1cc2c3c(c1)N(c1ccc(-c4c(C)cc(-n5c6ccccc6c6ccc(N(c7ccccc7)c7ccccc7)cc65)cc4C)cc1)c1cc(C(C)(C)C)ccc1B3c1cc3c(cc1O2)-c1ccc(N(c2ccccc2)c2ccccc2)cc1C3(C)C. The van der Waals surface area contributed by atoms with Gasteiger partial charge < -0.3 is 24.0 Å². The first-order valence-corrected chi connectivity index (χ1v) is 30.7. The number of benzene rings is 12. The number of hydrogen-bond donors (Lipinski definition) is 0. The number of rotatable bonds is 9. The highest BCUT2D eigenvalue weighted by Gasteiger charge is 2.45. The van der Waals surface area contributed by atoms with Crippen molar-refractivity contribution >= 4 is 96.1 Å². The first kappa shape index (κ1) is 49.9. The van der Waals surface area contributed by atoms with Gasteiger partial charge in [-0.1, -0.05) is 168 Å². The van der Waals surface area contributed by atoms with Crippen LogP contribution in [-0.2, 0) is 10.8 Å². The average molecular weight is 1140 g/mol. The molecule has 0 fully saturated rings. The van der Waals surface area contributed by atoms with Gasteiger partial charge in [-0.15, -0.1) is 0 Å². The number of aryl methyl sites for hydroxylation is 3. The van der Waals surface area contributed by atoms with Crippen LogP contribution in [-0.4, -0.2) is 11.3 Å². The summed E-state index contributed by atoms with van der Waals surface area (Å²) in [6.45, 7) is 13.2. The van der Waals surface area contributed by atoms with Gasteiger partial charge in [0.25, 0.3) is 6.71 Å². The molecule has 6 heteroatoms. The third-order valence-electron chi connectivity index (χ3n) is 18.8.